The van der Waals surface area contributed by atoms with Gasteiger partial charge < -0.3 is 5.73 Å². The summed E-state index contributed by atoms with van der Waals surface area (Å²) in [6, 6.07) is 2.34. The molecule has 0 spiro atoms. The van der Waals surface area contributed by atoms with Crippen molar-refractivity contribution in [2.45, 2.75) is 57.9 Å². The Balaban J connectivity index is 1.82. The molecule has 17 heavy (non-hydrogen) atoms. The molecule has 0 amide bonds. The van der Waals surface area contributed by atoms with E-state index in [0.29, 0.717) is 0 Å². The Labute approximate surface area is 105 Å². The van der Waals surface area contributed by atoms with Crippen LogP contribution in [0.2, 0.25) is 0 Å². The summed E-state index contributed by atoms with van der Waals surface area (Å²) in [4.78, 5) is 4.22. The summed E-state index contributed by atoms with van der Waals surface area (Å²) in [5.74, 6) is 0.924. The molecule has 1 aromatic heterocycles. The zero-order valence-electron chi connectivity index (χ0n) is 10.9. The molecule has 1 aliphatic carbocycles. The second-order valence-corrected chi connectivity index (χ2v) is 5.48. The van der Waals surface area contributed by atoms with Crippen molar-refractivity contribution in [2.75, 3.05) is 0 Å². The largest absolute Gasteiger partial charge is 0.324 e. The summed E-state index contributed by atoms with van der Waals surface area (Å²) < 4.78 is 0. The monoisotopic (exact) mass is 232 g/mol. The van der Waals surface area contributed by atoms with Gasteiger partial charge >= 0.3 is 0 Å². The summed E-state index contributed by atoms with van der Waals surface area (Å²) in [6.07, 6.45) is 13.3. The van der Waals surface area contributed by atoms with E-state index in [4.69, 9.17) is 5.73 Å². The molecule has 1 aromatic rings. The predicted octanol–water partition coefficient (Wildman–Crippen LogP) is 3.75. The smallest absolute Gasteiger partial charge is 0.0315 e. The first-order valence-corrected chi connectivity index (χ1v) is 6.93. The molecule has 0 aliphatic heterocycles. The average molecular weight is 232 g/mol. The molecule has 0 radical (unpaired) electrons. The second kappa shape index (κ2) is 6.15. The minimum atomic E-state index is 0.171. The molecule has 0 saturated heterocycles. The Hall–Kier alpha value is -0.890. The van der Waals surface area contributed by atoms with Gasteiger partial charge in [-0.2, -0.15) is 0 Å². The number of pyridine rings is 1. The maximum absolute atomic E-state index is 6.24. The van der Waals surface area contributed by atoms with E-state index in [1.54, 1.807) is 0 Å². The van der Waals surface area contributed by atoms with Crippen molar-refractivity contribution < 1.29 is 0 Å². The molecule has 0 bridgehead atoms. The van der Waals surface area contributed by atoms with Crippen LogP contribution in [0.3, 0.4) is 0 Å². The van der Waals surface area contributed by atoms with Crippen LogP contribution in [0, 0.1) is 12.8 Å². The van der Waals surface area contributed by atoms with E-state index >= 15 is 0 Å². The molecule has 2 nitrogen and oxygen atoms in total. The second-order valence-electron chi connectivity index (χ2n) is 5.48. The van der Waals surface area contributed by atoms with E-state index in [0.717, 1.165) is 12.3 Å². The zero-order chi connectivity index (χ0) is 12.1. The highest BCUT2D eigenvalue weighted by Crippen LogP contribution is 2.29. The standard InChI is InChI=1S/C15H24N2/c1-12-9-14(11-17-10-12)15(16)8-7-13-5-3-2-4-6-13/h9-11,13,15H,2-8,16H2,1H3. The molecule has 1 aliphatic rings. The lowest BCUT2D eigenvalue weighted by molar-refractivity contribution is 0.324. The van der Waals surface area contributed by atoms with E-state index in [-0.39, 0.29) is 6.04 Å². The zero-order valence-corrected chi connectivity index (χ0v) is 10.9. The lowest BCUT2D eigenvalue weighted by Gasteiger charge is -2.23. The van der Waals surface area contributed by atoms with Crippen LogP contribution in [0.25, 0.3) is 0 Å². The van der Waals surface area contributed by atoms with Crippen LogP contribution in [-0.4, -0.2) is 4.98 Å². The third kappa shape index (κ3) is 3.81. The van der Waals surface area contributed by atoms with Crippen LogP contribution in [-0.2, 0) is 0 Å². The van der Waals surface area contributed by atoms with Crippen LogP contribution in [0.5, 0.6) is 0 Å². The minimum Gasteiger partial charge on any atom is -0.324 e. The van der Waals surface area contributed by atoms with Crippen molar-refractivity contribution in [3.63, 3.8) is 0 Å². The summed E-state index contributed by atoms with van der Waals surface area (Å²) in [5.41, 5.74) is 8.64. The highest BCUT2D eigenvalue weighted by molar-refractivity contribution is 5.19. The van der Waals surface area contributed by atoms with Gasteiger partial charge in [0.2, 0.25) is 0 Å². The summed E-state index contributed by atoms with van der Waals surface area (Å²) in [5, 5.41) is 0. The highest BCUT2D eigenvalue weighted by Gasteiger charge is 2.15. The molecule has 2 N–H and O–H groups in total. The van der Waals surface area contributed by atoms with E-state index in [2.05, 4.69) is 18.0 Å². The van der Waals surface area contributed by atoms with Gasteiger partial charge in [-0.05, 0) is 36.8 Å². The summed E-state index contributed by atoms with van der Waals surface area (Å²) >= 11 is 0. The van der Waals surface area contributed by atoms with E-state index < -0.39 is 0 Å². The fourth-order valence-corrected chi connectivity index (χ4v) is 2.84. The number of hydrogen-bond donors (Lipinski definition) is 1. The van der Waals surface area contributed by atoms with Crippen LogP contribution in [0.1, 0.15) is 62.1 Å². The van der Waals surface area contributed by atoms with Crippen molar-refractivity contribution in [3.05, 3.63) is 29.6 Å². The molecular weight excluding hydrogens is 208 g/mol. The first-order valence-electron chi connectivity index (χ1n) is 6.93. The summed E-state index contributed by atoms with van der Waals surface area (Å²) in [6.45, 7) is 2.07. The number of aryl methyl sites for hydroxylation is 1. The molecule has 0 aromatic carbocycles. The predicted molar refractivity (Wildman–Crippen MR) is 71.7 cm³/mol. The molecule has 94 valence electrons. The number of aromatic nitrogens is 1. The first kappa shape index (κ1) is 12.6. The third-order valence-corrected chi connectivity index (χ3v) is 3.93. The van der Waals surface area contributed by atoms with Gasteiger partial charge in [0.25, 0.3) is 0 Å². The van der Waals surface area contributed by atoms with Gasteiger partial charge in [-0.15, -0.1) is 0 Å². The minimum absolute atomic E-state index is 0.171. The molecule has 1 heterocycles. The van der Waals surface area contributed by atoms with Crippen LogP contribution < -0.4 is 5.73 Å². The Morgan fingerprint density at radius 2 is 2.06 bits per heavy atom. The lowest BCUT2D eigenvalue weighted by Crippen LogP contribution is -2.14. The van der Waals surface area contributed by atoms with Gasteiger partial charge in [0.15, 0.2) is 0 Å². The quantitative estimate of drug-likeness (QED) is 0.858. The maximum atomic E-state index is 6.24. The number of rotatable bonds is 4. The van der Waals surface area contributed by atoms with E-state index in [1.807, 2.05) is 12.4 Å². The van der Waals surface area contributed by atoms with Crippen LogP contribution >= 0.6 is 0 Å². The third-order valence-electron chi connectivity index (χ3n) is 3.93. The SMILES string of the molecule is Cc1cncc(C(N)CCC2CCCCC2)c1. The highest BCUT2D eigenvalue weighted by atomic mass is 14.7. The molecule has 2 heteroatoms. The molecule has 2 rings (SSSR count). The van der Waals surface area contributed by atoms with Crippen LogP contribution in [0.4, 0.5) is 0 Å². The van der Waals surface area contributed by atoms with Crippen molar-refractivity contribution in [3.8, 4) is 0 Å². The Bertz CT molecular complexity index is 343. The van der Waals surface area contributed by atoms with Crippen molar-refractivity contribution in [2.24, 2.45) is 11.7 Å². The molecule has 1 unspecified atom stereocenters. The number of hydrogen-bond acceptors (Lipinski definition) is 2. The maximum Gasteiger partial charge on any atom is 0.0315 e. The number of nitrogens with zero attached hydrogens (tertiary/aromatic N) is 1. The molecule has 1 saturated carbocycles. The first-order chi connectivity index (χ1) is 8.25. The molecular formula is C15H24N2. The van der Waals surface area contributed by atoms with Gasteiger partial charge in [0.1, 0.15) is 0 Å². The fraction of sp³-hybridized carbons (Fsp3) is 0.667. The Morgan fingerprint density at radius 1 is 1.29 bits per heavy atom. The fourth-order valence-electron chi connectivity index (χ4n) is 2.84. The Kier molecular flexibility index (Phi) is 4.55. The van der Waals surface area contributed by atoms with Crippen molar-refractivity contribution in [1.82, 2.24) is 4.98 Å². The lowest BCUT2D eigenvalue weighted by atomic mass is 9.84. The van der Waals surface area contributed by atoms with Gasteiger partial charge in [0, 0.05) is 18.4 Å². The average Bonchev–Trinajstić information content (AvgIpc) is 2.37. The molecule has 1 atom stereocenters. The van der Waals surface area contributed by atoms with Gasteiger partial charge in [-0.3, -0.25) is 4.98 Å². The van der Waals surface area contributed by atoms with Crippen molar-refractivity contribution >= 4 is 0 Å². The van der Waals surface area contributed by atoms with Gasteiger partial charge in [-0.25, -0.2) is 0 Å². The Morgan fingerprint density at radius 3 is 2.76 bits per heavy atom. The van der Waals surface area contributed by atoms with Gasteiger partial charge in [0.05, 0.1) is 0 Å². The van der Waals surface area contributed by atoms with E-state index in [9.17, 15) is 0 Å². The summed E-state index contributed by atoms with van der Waals surface area (Å²) in [7, 11) is 0. The topological polar surface area (TPSA) is 38.9 Å². The van der Waals surface area contributed by atoms with Crippen molar-refractivity contribution in [1.29, 1.82) is 0 Å². The normalized spacial score (nSPS) is 19.2. The van der Waals surface area contributed by atoms with E-state index in [1.165, 1.54) is 49.7 Å². The molecule has 1 fully saturated rings. The van der Waals surface area contributed by atoms with Gasteiger partial charge in [-0.1, -0.05) is 38.2 Å². The number of nitrogens with two attached hydrogens (primary N) is 1. The van der Waals surface area contributed by atoms with Crippen LogP contribution in [0.15, 0.2) is 18.5 Å².